The molecule has 130 valence electrons. The average molecular weight is 333 g/mol. The predicted molar refractivity (Wildman–Crippen MR) is 90.4 cm³/mol. The van der Waals surface area contributed by atoms with Crippen LogP contribution in [-0.2, 0) is 28.0 Å². The number of carboxylic acid groups (broad SMARTS) is 1. The van der Waals surface area contributed by atoms with Crippen LogP contribution in [0.1, 0.15) is 43.4 Å². The van der Waals surface area contributed by atoms with Crippen molar-refractivity contribution in [1.82, 2.24) is 5.32 Å². The molecule has 1 aliphatic carbocycles. The monoisotopic (exact) mass is 333 g/mol. The van der Waals surface area contributed by atoms with Crippen molar-refractivity contribution in [2.45, 2.75) is 51.4 Å². The second-order valence-corrected chi connectivity index (χ2v) is 6.72. The maximum Gasteiger partial charge on any atom is 0.451 e. The summed E-state index contributed by atoms with van der Waals surface area (Å²) < 4.78 is 0. The van der Waals surface area contributed by atoms with E-state index in [4.69, 9.17) is 10.0 Å². The number of carbonyl (C=O) groups is 2. The molecular formula is C17H24BNO5. The van der Waals surface area contributed by atoms with Gasteiger partial charge in [-0.3, -0.25) is 9.59 Å². The zero-order valence-corrected chi connectivity index (χ0v) is 14.1. The summed E-state index contributed by atoms with van der Waals surface area (Å²) >= 11 is 0. The highest BCUT2D eigenvalue weighted by molar-refractivity contribution is 6.40. The number of fused-ring (bicyclic) bond motifs is 1. The van der Waals surface area contributed by atoms with Gasteiger partial charge in [0.05, 0.1) is 5.41 Å². The number of hydrogen-bond donors (Lipinski definition) is 4. The number of benzene rings is 1. The van der Waals surface area contributed by atoms with Gasteiger partial charge < -0.3 is 20.5 Å². The Kier molecular flexibility index (Phi) is 5.67. The minimum atomic E-state index is -1.35. The smallest absolute Gasteiger partial charge is 0.451 e. The van der Waals surface area contributed by atoms with E-state index in [1.165, 1.54) is 6.92 Å². The number of nitrogens with one attached hydrogen (secondary N) is 1. The molecule has 0 unspecified atom stereocenters. The molecule has 24 heavy (non-hydrogen) atoms. The van der Waals surface area contributed by atoms with Crippen LogP contribution in [0.25, 0.3) is 0 Å². The summed E-state index contributed by atoms with van der Waals surface area (Å²) in [5.41, 5.74) is 1.69. The van der Waals surface area contributed by atoms with Crippen LogP contribution in [0.2, 0.25) is 6.32 Å². The van der Waals surface area contributed by atoms with E-state index in [1.807, 2.05) is 18.2 Å². The first-order valence-electron chi connectivity index (χ1n) is 8.21. The lowest BCUT2D eigenvalue weighted by Crippen LogP contribution is -2.37. The molecule has 1 aromatic rings. The Balaban J connectivity index is 2.23. The summed E-state index contributed by atoms with van der Waals surface area (Å²) in [6, 6.07) is 5.73. The quantitative estimate of drug-likeness (QED) is 0.559. The average Bonchev–Trinajstić information content (AvgIpc) is 2.79. The first-order chi connectivity index (χ1) is 11.2. The number of carboxylic acids is 1. The number of amides is 1. The summed E-state index contributed by atoms with van der Waals surface area (Å²) in [5.74, 6) is -1.08. The minimum absolute atomic E-state index is 0.0835. The lowest BCUT2D eigenvalue weighted by molar-refractivity contribution is -0.145. The summed E-state index contributed by atoms with van der Waals surface area (Å²) in [5, 5.41) is 30.5. The number of rotatable bonds is 7. The van der Waals surface area contributed by atoms with Gasteiger partial charge in [-0.05, 0) is 48.7 Å². The third-order valence-electron chi connectivity index (χ3n) is 5.02. The highest BCUT2D eigenvalue weighted by Crippen LogP contribution is 2.46. The van der Waals surface area contributed by atoms with Gasteiger partial charge in [0, 0.05) is 13.5 Å². The Morgan fingerprint density at radius 3 is 2.67 bits per heavy atom. The van der Waals surface area contributed by atoms with Crippen molar-refractivity contribution in [3.05, 3.63) is 34.9 Å². The van der Waals surface area contributed by atoms with Crippen molar-refractivity contribution in [1.29, 1.82) is 0 Å². The van der Waals surface area contributed by atoms with E-state index in [0.717, 1.165) is 16.7 Å². The SMILES string of the molecule is CC(=O)NCc1ccc2c(c1)[C@@](C)(C(=O)O)[C@@H](CCCB(O)O)C2. The molecule has 1 amide bonds. The number of carbonyl (C=O) groups excluding carboxylic acids is 1. The van der Waals surface area contributed by atoms with Gasteiger partial charge in [-0.2, -0.15) is 0 Å². The molecule has 0 aromatic heterocycles. The maximum atomic E-state index is 12.0. The molecule has 0 fully saturated rings. The van der Waals surface area contributed by atoms with Crippen molar-refractivity contribution in [3.63, 3.8) is 0 Å². The zero-order valence-electron chi connectivity index (χ0n) is 14.1. The van der Waals surface area contributed by atoms with Crippen LogP contribution in [0, 0.1) is 5.92 Å². The Hall–Kier alpha value is -1.86. The largest absolute Gasteiger partial charge is 0.481 e. The van der Waals surface area contributed by atoms with Crippen molar-refractivity contribution in [2.24, 2.45) is 5.92 Å². The molecule has 7 heteroatoms. The van der Waals surface area contributed by atoms with Gasteiger partial charge in [0.15, 0.2) is 0 Å². The van der Waals surface area contributed by atoms with E-state index in [1.54, 1.807) is 6.92 Å². The van der Waals surface area contributed by atoms with Gasteiger partial charge in [-0.15, -0.1) is 0 Å². The Morgan fingerprint density at radius 2 is 2.08 bits per heavy atom. The minimum Gasteiger partial charge on any atom is -0.481 e. The fraction of sp³-hybridized carbons (Fsp3) is 0.529. The van der Waals surface area contributed by atoms with Crippen molar-refractivity contribution in [3.8, 4) is 0 Å². The van der Waals surface area contributed by atoms with Gasteiger partial charge in [-0.1, -0.05) is 24.6 Å². The summed E-state index contributed by atoms with van der Waals surface area (Å²) in [6.07, 6.45) is 2.10. The van der Waals surface area contributed by atoms with Gasteiger partial charge in [0.25, 0.3) is 0 Å². The molecule has 0 aliphatic heterocycles. The van der Waals surface area contributed by atoms with Crippen molar-refractivity contribution < 1.29 is 24.7 Å². The molecule has 0 radical (unpaired) electrons. The molecular weight excluding hydrogens is 309 g/mol. The molecule has 4 N–H and O–H groups in total. The highest BCUT2D eigenvalue weighted by Gasteiger charge is 2.48. The lowest BCUT2D eigenvalue weighted by atomic mass is 9.72. The third kappa shape index (κ3) is 3.79. The molecule has 1 aliphatic rings. The Bertz CT molecular complexity index is 633. The predicted octanol–water partition coefficient (Wildman–Crippen LogP) is 1.09. The van der Waals surface area contributed by atoms with Crippen LogP contribution in [0.4, 0.5) is 0 Å². The van der Waals surface area contributed by atoms with Gasteiger partial charge in [-0.25, -0.2) is 0 Å². The number of hydrogen-bond acceptors (Lipinski definition) is 4. The molecule has 0 saturated carbocycles. The van der Waals surface area contributed by atoms with E-state index >= 15 is 0 Å². The van der Waals surface area contributed by atoms with E-state index in [-0.39, 0.29) is 18.1 Å². The first-order valence-corrected chi connectivity index (χ1v) is 8.21. The highest BCUT2D eigenvalue weighted by atomic mass is 16.4. The lowest BCUT2D eigenvalue weighted by Gasteiger charge is -2.28. The molecule has 0 saturated heterocycles. The molecule has 2 rings (SSSR count). The van der Waals surface area contributed by atoms with Crippen LogP contribution in [0.15, 0.2) is 18.2 Å². The van der Waals surface area contributed by atoms with Crippen LogP contribution >= 0.6 is 0 Å². The van der Waals surface area contributed by atoms with Gasteiger partial charge >= 0.3 is 13.1 Å². The fourth-order valence-corrected chi connectivity index (χ4v) is 3.54. The second kappa shape index (κ2) is 7.36. The van der Waals surface area contributed by atoms with Crippen LogP contribution < -0.4 is 5.32 Å². The van der Waals surface area contributed by atoms with E-state index in [9.17, 15) is 14.7 Å². The number of aliphatic carboxylic acids is 1. The molecule has 0 spiro atoms. The normalized spacial score (nSPS) is 22.1. The topological polar surface area (TPSA) is 107 Å². The van der Waals surface area contributed by atoms with Gasteiger partial charge in [0.1, 0.15) is 0 Å². The standard InChI is InChI=1S/C17H24BNO5/c1-11(20)19-10-12-5-6-13-9-14(4-3-7-18(23)24)17(2,16(21)22)15(13)8-12/h5-6,8,14,23-24H,3-4,7,9-10H2,1-2H3,(H,19,20)(H,21,22)/t14-,17-/m0/s1. The molecule has 6 nitrogen and oxygen atoms in total. The summed E-state index contributed by atoms with van der Waals surface area (Å²) in [7, 11) is -1.35. The summed E-state index contributed by atoms with van der Waals surface area (Å²) in [6.45, 7) is 3.56. The Labute approximate surface area is 142 Å². The second-order valence-electron chi connectivity index (χ2n) is 6.72. The van der Waals surface area contributed by atoms with Crippen molar-refractivity contribution >= 4 is 19.0 Å². The van der Waals surface area contributed by atoms with E-state index < -0.39 is 18.5 Å². The van der Waals surface area contributed by atoms with E-state index in [2.05, 4.69) is 5.32 Å². The molecule has 0 heterocycles. The van der Waals surface area contributed by atoms with Gasteiger partial charge in [0.2, 0.25) is 5.91 Å². The van der Waals surface area contributed by atoms with E-state index in [0.29, 0.717) is 25.8 Å². The molecule has 1 aromatic carbocycles. The van der Waals surface area contributed by atoms with Crippen molar-refractivity contribution in [2.75, 3.05) is 0 Å². The Morgan fingerprint density at radius 1 is 1.38 bits per heavy atom. The molecule has 0 bridgehead atoms. The molecule has 2 atom stereocenters. The zero-order chi connectivity index (χ0) is 17.9. The third-order valence-corrected chi connectivity index (χ3v) is 5.02. The maximum absolute atomic E-state index is 12.0. The fourth-order valence-electron chi connectivity index (χ4n) is 3.54. The van der Waals surface area contributed by atoms with Crippen LogP contribution in [0.5, 0.6) is 0 Å². The first kappa shape index (κ1) is 18.5. The summed E-state index contributed by atoms with van der Waals surface area (Å²) in [4.78, 5) is 23.1. The van der Waals surface area contributed by atoms with Crippen LogP contribution in [-0.4, -0.2) is 34.1 Å². The van der Waals surface area contributed by atoms with Crippen LogP contribution in [0.3, 0.4) is 0 Å².